The molecule has 0 amide bonds. The highest BCUT2D eigenvalue weighted by atomic mass is 16.6. The second-order valence-electron chi connectivity index (χ2n) is 12.4. The van der Waals surface area contributed by atoms with Gasteiger partial charge in [-0.25, -0.2) is 0 Å². The Morgan fingerprint density at radius 1 is 0.522 bits per heavy atom. The number of esters is 2. The molecule has 1 atom stereocenters. The number of ether oxygens (including phenoxy) is 2. The van der Waals surface area contributed by atoms with Gasteiger partial charge < -0.3 is 19.7 Å². The van der Waals surface area contributed by atoms with Gasteiger partial charge in [0.15, 0.2) is 6.10 Å². The van der Waals surface area contributed by atoms with E-state index in [9.17, 15) is 14.7 Å². The van der Waals surface area contributed by atoms with Crippen LogP contribution < -0.4 is 0 Å². The van der Waals surface area contributed by atoms with Gasteiger partial charge >= 0.3 is 11.9 Å². The van der Waals surface area contributed by atoms with Crippen molar-refractivity contribution in [3.63, 3.8) is 0 Å². The van der Waals surface area contributed by atoms with E-state index in [0.29, 0.717) is 25.9 Å². The Morgan fingerprint density at radius 2 is 0.957 bits per heavy atom. The third kappa shape index (κ3) is 34.7. The van der Waals surface area contributed by atoms with Crippen molar-refractivity contribution < 1.29 is 29.3 Å². The fourth-order valence-electron chi connectivity index (χ4n) is 5.05. The molecule has 0 fully saturated rings. The Labute approximate surface area is 282 Å². The fraction of sp³-hybridized carbons (Fsp3) is 0.750. The third-order valence-electron chi connectivity index (χ3n) is 7.93. The minimum Gasteiger partial charge on any atom is -0.462 e. The van der Waals surface area contributed by atoms with Crippen molar-refractivity contribution in [2.75, 3.05) is 19.8 Å². The quantitative estimate of drug-likeness (QED) is 0.0410. The van der Waals surface area contributed by atoms with Gasteiger partial charge in [0, 0.05) is 19.4 Å². The molecule has 6 heteroatoms. The van der Waals surface area contributed by atoms with E-state index in [2.05, 4.69) is 55.5 Å². The lowest BCUT2D eigenvalue weighted by atomic mass is 10.0. The number of rotatable bonds is 34. The number of unbranched alkanes of at least 4 members (excludes halogenated alkanes) is 17. The van der Waals surface area contributed by atoms with Crippen molar-refractivity contribution in [3.05, 3.63) is 48.6 Å². The first kappa shape index (κ1) is 43.8. The SMILES string of the molecule is CCCCCCCCCCCCCCCCC(=O)O[C@@H](CO)COC(=O)CCC/C=C\C/C=C\C/C=C\C/C=C\CCCCCO. The van der Waals surface area contributed by atoms with Gasteiger partial charge in [0.1, 0.15) is 6.61 Å². The first-order valence-corrected chi connectivity index (χ1v) is 18.8. The number of hydrogen-bond donors (Lipinski definition) is 2. The molecule has 0 saturated carbocycles. The van der Waals surface area contributed by atoms with Crippen LogP contribution in [-0.4, -0.2) is 48.1 Å². The lowest BCUT2D eigenvalue weighted by Gasteiger charge is -2.15. The minimum atomic E-state index is -0.797. The van der Waals surface area contributed by atoms with E-state index in [1.807, 2.05) is 0 Å². The molecule has 0 saturated heterocycles. The number of carbonyl (C=O) groups is 2. The molecule has 0 rings (SSSR count). The van der Waals surface area contributed by atoms with Gasteiger partial charge in [-0.3, -0.25) is 9.59 Å². The maximum absolute atomic E-state index is 12.1. The van der Waals surface area contributed by atoms with Crippen LogP contribution in [-0.2, 0) is 19.1 Å². The molecular formula is C40H70O6. The average Bonchev–Trinajstić information content (AvgIpc) is 3.06. The predicted octanol–water partition coefficient (Wildman–Crippen LogP) is 10.4. The molecule has 0 radical (unpaired) electrons. The van der Waals surface area contributed by atoms with E-state index in [0.717, 1.165) is 70.6 Å². The monoisotopic (exact) mass is 647 g/mol. The summed E-state index contributed by atoms with van der Waals surface area (Å²) in [4.78, 5) is 24.2. The zero-order chi connectivity index (χ0) is 33.6. The van der Waals surface area contributed by atoms with Gasteiger partial charge in [0.25, 0.3) is 0 Å². The molecule has 0 aliphatic rings. The molecule has 0 aromatic heterocycles. The topological polar surface area (TPSA) is 93.1 Å². The maximum Gasteiger partial charge on any atom is 0.306 e. The molecule has 0 spiro atoms. The van der Waals surface area contributed by atoms with Gasteiger partial charge in [0.05, 0.1) is 6.61 Å². The van der Waals surface area contributed by atoms with Crippen LogP contribution in [0.25, 0.3) is 0 Å². The molecule has 0 unspecified atom stereocenters. The Balaban J connectivity index is 3.67. The molecule has 0 bridgehead atoms. The molecule has 46 heavy (non-hydrogen) atoms. The van der Waals surface area contributed by atoms with Gasteiger partial charge in [-0.05, 0) is 57.8 Å². The van der Waals surface area contributed by atoms with Crippen LogP contribution in [0.15, 0.2) is 48.6 Å². The van der Waals surface area contributed by atoms with Crippen molar-refractivity contribution in [2.24, 2.45) is 0 Å². The van der Waals surface area contributed by atoms with Crippen molar-refractivity contribution in [2.45, 2.75) is 174 Å². The number of hydrogen-bond acceptors (Lipinski definition) is 6. The zero-order valence-electron chi connectivity index (χ0n) is 29.5. The van der Waals surface area contributed by atoms with Gasteiger partial charge in [-0.1, -0.05) is 145 Å². The highest BCUT2D eigenvalue weighted by molar-refractivity contribution is 5.70. The molecule has 0 aromatic rings. The molecule has 6 nitrogen and oxygen atoms in total. The maximum atomic E-state index is 12.1. The molecule has 2 N–H and O–H groups in total. The second kappa shape index (κ2) is 37.3. The summed E-state index contributed by atoms with van der Waals surface area (Å²) >= 11 is 0. The zero-order valence-corrected chi connectivity index (χ0v) is 29.5. The van der Waals surface area contributed by atoms with E-state index < -0.39 is 6.10 Å². The smallest absolute Gasteiger partial charge is 0.306 e. The normalized spacial score (nSPS) is 12.7. The Morgan fingerprint density at radius 3 is 1.46 bits per heavy atom. The van der Waals surface area contributed by atoms with E-state index >= 15 is 0 Å². The highest BCUT2D eigenvalue weighted by Crippen LogP contribution is 2.14. The lowest BCUT2D eigenvalue weighted by Crippen LogP contribution is -2.28. The predicted molar refractivity (Wildman–Crippen MR) is 193 cm³/mol. The molecule has 0 aliphatic heterocycles. The van der Waals surface area contributed by atoms with Gasteiger partial charge in [-0.2, -0.15) is 0 Å². The van der Waals surface area contributed by atoms with Crippen LogP contribution in [0.2, 0.25) is 0 Å². The lowest BCUT2D eigenvalue weighted by molar-refractivity contribution is -0.161. The van der Waals surface area contributed by atoms with Crippen molar-refractivity contribution in [3.8, 4) is 0 Å². The number of allylic oxidation sites excluding steroid dienone is 8. The van der Waals surface area contributed by atoms with E-state index in [-0.39, 0.29) is 25.2 Å². The number of aliphatic hydroxyl groups is 2. The van der Waals surface area contributed by atoms with Crippen molar-refractivity contribution >= 4 is 11.9 Å². The summed E-state index contributed by atoms with van der Waals surface area (Å²) in [7, 11) is 0. The Hall–Kier alpha value is -2.18. The molecule has 0 aliphatic carbocycles. The standard InChI is InChI=1S/C40H70O6/c1-2-3-4-5-6-7-8-9-15-19-22-25-28-31-34-40(44)46-38(36-42)37-45-39(43)33-30-27-24-21-18-16-13-11-10-12-14-17-20-23-26-29-32-35-41/h10,12-13,16-17,20-21,24,38,41-42H,2-9,11,14-15,18-19,22-23,25-37H2,1H3/b12-10-,16-13-,20-17-,24-21-/t38-/m0/s1. The third-order valence-corrected chi connectivity index (χ3v) is 7.93. The van der Waals surface area contributed by atoms with Gasteiger partial charge in [0.2, 0.25) is 0 Å². The molecule has 266 valence electrons. The van der Waals surface area contributed by atoms with Crippen LogP contribution in [0.3, 0.4) is 0 Å². The molecule has 0 aromatic carbocycles. The Kier molecular flexibility index (Phi) is 35.5. The fourth-order valence-corrected chi connectivity index (χ4v) is 5.05. The van der Waals surface area contributed by atoms with E-state index in [4.69, 9.17) is 14.6 Å². The van der Waals surface area contributed by atoms with Crippen LogP contribution in [0.1, 0.15) is 167 Å². The number of carbonyl (C=O) groups excluding carboxylic acids is 2. The van der Waals surface area contributed by atoms with Crippen molar-refractivity contribution in [1.29, 1.82) is 0 Å². The van der Waals surface area contributed by atoms with Crippen LogP contribution in [0.4, 0.5) is 0 Å². The first-order valence-electron chi connectivity index (χ1n) is 18.8. The van der Waals surface area contributed by atoms with Crippen LogP contribution >= 0.6 is 0 Å². The largest absolute Gasteiger partial charge is 0.462 e. The summed E-state index contributed by atoms with van der Waals surface area (Å²) in [5.74, 6) is -0.670. The van der Waals surface area contributed by atoms with Crippen molar-refractivity contribution in [1.82, 2.24) is 0 Å². The summed E-state index contributed by atoms with van der Waals surface area (Å²) in [6.45, 7) is 2.10. The second-order valence-corrected chi connectivity index (χ2v) is 12.4. The first-order chi connectivity index (χ1) is 22.6. The summed E-state index contributed by atoms with van der Waals surface area (Å²) in [6.07, 6.45) is 43.2. The summed E-state index contributed by atoms with van der Waals surface area (Å²) in [5.41, 5.74) is 0. The summed E-state index contributed by atoms with van der Waals surface area (Å²) < 4.78 is 10.5. The summed E-state index contributed by atoms with van der Waals surface area (Å²) in [5, 5.41) is 18.3. The Bertz CT molecular complexity index is 785. The number of aliphatic hydroxyl groups excluding tert-OH is 2. The van der Waals surface area contributed by atoms with E-state index in [1.54, 1.807) is 0 Å². The van der Waals surface area contributed by atoms with Crippen LogP contribution in [0, 0.1) is 0 Å². The van der Waals surface area contributed by atoms with Gasteiger partial charge in [-0.15, -0.1) is 0 Å². The molecule has 0 heterocycles. The summed E-state index contributed by atoms with van der Waals surface area (Å²) in [6, 6.07) is 0. The molecular weight excluding hydrogens is 576 g/mol. The minimum absolute atomic E-state index is 0.101. The van der Waals surface area contributed by atoms with E-state index in [1.165, 1.54) is 70.6 Å². The highest BCUT2D eigenvalue weighted by Gasteiger charge is 2.16. The average molecular weight is 647 g/mol. The van der Waals surface area contributed by atoms with Crippen LogP contribution in [0.5, 0.6) is 0 Å².